The van der Waals surface area contributed by atoms with Crippen LogP contribution in [0.2, 0.25) is 0 Å². The molecule has 1 rings (SSSR count). The number of nitrogens with zero attached hydrogens (tertiary/aromatic N) is 2. The number of nitrogens with two attached hydrogens (primary N) is 1. The van der Waals surface area contributed by atoms with Gasteiger partial charge < -0.3 is 15.4 Å². The zero-order chi connectivity index (χ0) is 13.5. The summed E-state index contributed by atoms with van der Waals surface area (Å²) < 4.78 is 5.08. The van der Waals surface area contributed by atoms with Crippen LogP contribution in [0.1, 0.15) is 12.0 Å². The summed E-state index contributed by atoms with van der Waals surface area (Å²) in [6.45, 7) is 0.309. The second kappa shape index (κ2) is 6.74. The Kier molecular flexibility index (Phi) is 5.31. The quantitative estimate of drug-likeness (QED) is 0.837. The molecule has 0 saturated heterocycles. The number of benzene rings is 1. The van der Waals surface area contributed by atoms with Crippen LogP contribution in [0.25, 0.3) is 0 Å². The molecule has 1 unspecified atom stereocenters. The second-order valence-corrected chi connectivity index (χ2v) is 3.91. The van der Waals surface area contributed by atoms with Gasteiger partial charge in [-0.2, -0.15) is 5.26 Å². The Morgan fingerprint density at radius 2 is 2.11 bits per heavy atom. The molecule has 0 heterocycles. The molecule has 0 spiro atoms. The normalized spacial score (nSPS) is 11.7. The highest BCUT2D eigenvalue weighted by molar-refractivity contribution is 5.93. The van der Waals surface area contributed by atoms with Gasteiger partial charge in [0.2, 0.25) is 5.91 Å². The lowest BCUT2D eigenvalue weighted by Crippen LogP contribution is -2.33. The molecule has 0 aliphatic carbocycles. The van der Waals surface area contributed by atoms with Gasteiger partial charge in [0.25, 0.3) is 0 Å². The summed E-state index contributed by atoms with van der Waals surface area (Å²) in [6.07, 6.45) is -0.0258. The minimum atomic E-state index is -0.265. The SMILES string of the molecule is COC(CN)CC(=O)N(C)c1ccc(C#N)cc1. The van der Waals surface area contributed by atoms with E-state index in [0.29, 0.717) is 12.1 Å². The summed E-state index contributed by atoms with van der Waals surface area (Å²) in [5, 5.41) is 8.70. The van der Waals surface area contributed by atoms with Crippen LogP contribution in [0.4, 0.5) is 5.69 Å². The Balaban J connectivity index is 2.71. The highest BCUT2D eigenvalue weighted by Gasteiger charge is 2.16. The molecule has 0 radical (unpaired) electrons. The van der Waals surface area contributed by atoms with Crippen LogP contribution >= 0.6 is 0 Å². The van der Waals surface area contributed by atoms with Crippen molar-refractivity contribution < 1.29 is 9.53 Å². The summed E-state index contributed by atoms with van der Waals surface area (Å²) in [6, 6.07) is 8.86. The van der Waals surface area contributed by atoms with Gasteiger partial charge in [0, 0.05) is 26.4 Å². The van der Waals surface area contributed by atoms with Crippen LogP contribution < -0.4 is 10.6 Å². The van der Waals surface area contributed by atoms with Crippen molar-refractivity contribution in [3.8, 4) is 6.07 Å². The lowest BCUT2D eigenvalue weighted by Gasteiger charge is -2.20. The number of nitriles is 1. The van der Waals surface area contributed by atoms with Crippen LogP contribution in [0, 0.1) is 11.3 Å². The molecule has 2 N–H and O–H groups in total. The van der Waals surface area contributed by atoms with E-state index in [1.54, 1.807) is 31.3 Å². The Morgan fingerprint density at radius 1 is 1.50 bits per heavy atom. The van der Waals surface area contributed by atoms with Gasteiger partial charge in [-0.3, -0.25) is 4.79 Å². The fourth-order valence-corrected chi connectivity index (χ4v) is 1.50. The number of ether oxygens (including phenoxy) is 1. The second-order valence-electron chi connectivity index (χ2n) is 3.91. The smallest absolute Gasteiger partial charge is 0.229 e. The zero-order valence-electron chi connectivity index (χ0n) is 10.6. The summed E-state index contributed by atoms with van der Waals surface area (Å²) >= 11 is 0. The van der Waals surface area contributed by atoms with Crippen molar-refractivity contribution in [2.45, 2.75) is 12.5 Å². The minimum Gasteiger partial charge on any atom is -0.380 e. The van der Waals surface area contributed by atoms with E-state index in [1.165, 1.54) is 12.0 Å². The molecule has 5 heteroatoms. The predicted octanol–water partition coefficient (Wildman–Crippen LogP) is 0.885. The third-order valence-electron chi connectivity index (χ3n) is 2.76. The van der Waals surface area contributed by atoms with Gasteiger partial charge in [-0.25, -0.2) is 0 Å². The van der Waals surface area contributed by atoms with Gasteiger partial charge >= 0.3 is 0 Å². The molecular weight excluding hydrogens is 230 g/mol. The molecule has 96 valence electrons. The van der Waals surface area contributed by atoms with Gasteiger partial charge in [0.15, 0.2) is 0 Å². The molecule has 0 aromatic heterocycles. The number of methoxy groups -OCH3 is 1. The number of hydrogen-bond donors (Lipinski definition) is 1. The molecule has 1 amide bonds. The minimum absolute atomic E-state index is 0.0722. The van der Waals surface area contributed by atoms with Crippen molar-refractivity contribution in [1.82, 2.24) is 0 Å². The number of hydrogen-bond acceptors (Lipinski definition) is 4. The monoisotopic (exact) mass is 247 g/mol. The maximum absolute atomic E-state index is 12.0. The molecule has 0 bridgehead atoms. The van der Waals surface area contributed by atoms with Crippen molar-refractivity contribution in [1.29, 1.82) is 5.26 Å². The third-order valence-corrected chi connectivity index (χ3v) is 2.76. The summed E-state index contributed by atoms with van der Waals surface area (Å²) in [5.41, 5.74) is 6.78. The van der Waals surface area contributed by atoms with Crippen molar-refractivity contribution in [2.24, 2.45) is 5.73 Å². The van der Waals surface area contributed by atoms with Crippen LogP contribution in [0.15, 0.2) is 24.3 Å². The molecule has 0 saturated carbocycles. The van der Waals surface area contributed by atoms with Gasteiger partial charge in [0.05, 0.1) is 24.2 Å². The first-order valence-electron chi connectivity index (χ1n) is 5.62. The average Bonchev–Trinajstić information content (AvgIpc) is 2.43. The van der Waals surface area contributed by atoms with Gasteiger partial charge in [-0.15, -0.1) is 0 Å². The van der Waals surface area contributed by atoms with Crippen LogP contribution in [-0.2, 0) is 9.53 Å². The molecular formula is C13H17N3O2. The number of rotatable bonds is 5. The van der Waals surface area contributed by atoms with Crippen LogP contribution in [-0.4, -0.2) is 32.7 Å². The number of anilines is 1. The number of amides is 1. The van der Waals surface area contributed by atoms with E-state index in [0.717, 1.165) is 5.69 Å². The summed E-state index contributed by atoms with van der Waals surface area (Å²) in [5.74, 6) is -0.0722. The zero-order valence-corrected chi connectivity index (χ0v) is 10.6. The lowest BCUT2D eigenvalue weighted by atomic mass is 10.2. The predicted molar refractivity (Wildman–Crippen MR) is 69.0 cm³/mol. The first-order valence-corrected chi connectivity index (χ1v) is 5.62. The van der Waals surface area contributed by atoms with Crippen molar-refractivity contribution in [3.63, 3.8) is 0 Å². The van der Waals surface area contributed by atoms with E-state index in [-0.39, 0.29) is 18.4 Å². The van der Waals surface area contributed by atoms with Gasteiger partial charge in [0.1, 0.15) is 0 Å². The van der Waals surface area contributed by atoms with E-state index < -0.39 is 0 Å². The molecule has 1 aromatic carbocycles. The average molecular weight is 247 g/mol. The number of carbonyl (C=O) groups excluding carboxylic acids is 1. The van der Waals surface area contributed by atoms with Gasteiger partial charge in [-0.05, 0) is 24.3 Å². The van der Waals surface area contributed by atoms with Crippen molar-refractivity contribution >= 4 is 11.6 Å². The lowest BCUT2D eigenvalue weighted by molar-refractivity contribution is -0.120. The van der Waals surface area contributed by atoms with Crippen molar-refractivity contribution in [3.05, 3.63) is 29.8 Å². The first-order chi connectivity index (χ1) is 8.62. The van der Waals surface area contributed by atoms with E-state index in [4.69, 9.17) is 15.7 Å². The molecule has 0 aliphatic heterocycles. The molecule has 1 atom stereocenters. The summed E-state index contributed by atoms with van der Waals surface area (Å²) in [7, 11) is 3.22. The number of carbonyl (C=O) groups is 1. The Labute approximate surface area is 107 Å². The Bertz CT molecular complexity index is 433. The maximum Gasteiger partial charge on any atom is 0.229 e. The largest absolute Gasteiger partial charge is 0.380 e. The van der Waals surface area contributed by atoms with Gasteiger partial charge in [-0.1, -0.05) is 0 Å². The molecule has 5 nitrogen and oxygen atoms in total. The maximum atomic E-state index is 12.0. The Hall–Kier alpha value is -1.90. The first kappa shape index (κ1) is 14.2. The molecule has 18 heavy (non-hydrogen) atoms. The molecule has 0 fully saturated rings. The fraction of sp³-hybridized carbons (Fsp3) is 0.385. The Morgan fingerprint density at radius 3 is 2.56 bits per heavy atom. The van der Waals surface area contributed by atoms with Crippen LogP contribution in [0.3, 0.4) is 0 Å². The van der Waals surface area contributed by atoms with E-state index >= 15 is 0 Å². The van der Waals surface area contributed by atoms with Crippen molar-refractivity contribution in [2.75, 3.05) is 25.6 Å². The highest BCUT2D eigenvalue weighted by atomic mass is 16.5. The van der Waals surface area contributed by atoms with E-state index in [1.807, 2.05) is 6.07 Å². The molecule has 1 aromatic rings. The topological polar surface area (TPSA) is 79.3 Å². The van der Waals surface area contributed by atoms with E-state index in [2.05, 4.69) is 0 Å². The summed E-state index contributed by atoms with van der Waals surface area (Å²) in [4.78, 5) is 13.5. The fourth-order valence-electron chi connectivity index (χ4n) is 1.50. The third kappa shape index (κ3) is 3.55. The highest BCUT2D eigenvalue weighted by Crippen LogP contribution is 2.15. The van der Waals surface area contributed by atoms with E-state index in [9.17, 15) is 4.79 Å². The standard InChI is InChI=1S/C13H17N3O2/c1-16(13(17)7-12(9-15)18-2)11-5-3-10(8-14)4-6-11/h3-6,12H,7,9,15H2,1-2H3. The van der Waals surface area contributed by atoms with Crippen LogP contribution in [0.5, 0.6) is 0 Å². The molecule has 0 aliphatic rings.